The fraction of sp³-hybridized carbons (Fsp3) is 1.00. The van der Waals surface area contributed by atoms with E-state index >= 15 is 0 Å². The monoisotopic (exact) mass is 271 g/mol. The quantitative estimate of drug-likeness (QED) is 0.851. The van der Waals surface area contributed by atoms with E-state index in [0.29, 0.717) is 11.2 Å². The summed E-state index contributed by atoms with van der Waals surface area (Å²) in [6.07, 6.45) is 8.41. The van der Waals surface area contributed by atoms with Crippen LogP contribution in [0, 0.1) is 5.92 Å². The molecule has 0 aromatic carbocycles. The van der Waals surface area contributed by atoms with Gasteiger partial charge in [0.2, 0.25) is 0 Å². The van der Waals surface area contributed by atoms with Crippen molar-refractivity contribution in [3.05, 3.63) is 0 Å². The van der Waals surface area contributed by atoms with Crippen molar-refractivity contribution in [3.63, 3.8) is 0 Å². The Labute approximate surface area is 113 Å². The molecule has 0 radical (unpaired) electrons. The zero-order valence-electron chi connectivity index (χ0n) is 11.2. The first-order valence-electron chi connectivity index (χ1n) is 7.49. The maximum atomic E-state index is 12.5. The Kier molecular flexibility index (Phi) is 4.06. The van der Waals surface area contributed by atoms with Crippen LogP contribution in [0.15, 0.2) is 0 Å². The zero-order chi connectivity index (χ0) is 12.4. The lowest BCUT2D eigenvalue weighted by atomic mass is 9.80. The highest BCUT2D eigenvalue weighted by Crippen LogP contribution is 2.40. The molecule has 0 bridgehead atoms. The first-order valence-corrected chi connectivity index (χ1v) is 8.87. The van der Waals surface area contributed by atoms with Crippen LogP contribution in [0.4, 0.5) is 0 Å². The maximum absolute atomic E-state index is 12.5. The smallest absolute Gasteiger partial charge is 0.0694 e. The summed E-state index contributed by atoms with van der Waals surface area (Å²) in [4.78, 5) is 0. The van der Waals surface area contributed by atoms with Gasteiger partial charge in [-0.1, -0.05) is 19.3 Å². The molecule has 3 rings (SSSR count). The zero-order valence-corrected chi connectivity index (χ0v) is 12.0. The second kappa shape index (κ2) is 5.59. The Balaban J connectivity index is 1.56. The van der Waals surface area contributed by atoms with Gasteiger partial charge in [0.25, 0.3) is 0 Å². The minimum Gasteiger partial charge on any atom is -0.375 e. The molecule has 2 aliphatic heterocycles. The molecule has 3 fully saturated rings. The minimum atomic E-state index is -0.633. The summed E-state index contributed by atoms with van der Waals surface area (Å²) in [7, 11) is -0.633. The summed E-state index contributed by atoms with van der Waals surface area (Å²) < 4.78 is 18.5. The summed E-state index contributed by atoms with van der Waals surface area (Å²) in [6.45, 7) is 2.97. The highest BCUT2D eigenvalue weighted by Gasteiger charge is 2.40. The molecule has 3 aliphatic rings. The van der Waals surface area contributed by atoms with Gasteiger partial charge in [0, 0.05) is 41.5 Å². The fourth-order valence-corrected chi connectivity index (χ4v) is 5.41. The molecule has 1 N–H and O–H groups in total. The van der Waals surface area contributed by atoms with Crippen molar-refractivity contribution in [3.8, 4) is 0 Å². The Morgan fingerprint density at radius 3 is 2.67 bits per heavy atom. The van der Waals surface area contributed by atoms with Gasteiger partial charge < -0.3 is 10.1 Å². The molecule has 2 heterocycles. The molecule has 4 heteroatoms. The maximum Gasteiger partial charge on any atom is 0.0694 e. The van der Waals surface area contributed by atoms with E-state index in [2.05, 4.69) is 5.32 Å². The van der Waals surface area contributed by atoms with Crippen molar-refractivity contribution in [2.45, 2.75) is 55.8 Å². The molecule has 1 saturated carbocycles. The molecule has 0 aromatic heterocycles. The van der Waals surface area contributed by atoms with Gasteiger partial charge in [-0.2, -0.15) is 0 Å². The number of nitrogens with one attached hydrogen (secondary N) is 1. The van der Waals surface area contributed by atoms with E-state index in [-0.39, 0.29) is 5.60 Å². The van der Waals surface area contributed by atoms with E-state index in [0.717, 1.165) is 38.3 Å². The predicted octanol–water partition coefficient (Wildman–Crippen LogP) is 1.84. The lowest BCUT2D eigenvalue weighted by molar-refractivity contribution is -0.0975. The van der Waals surface area contributed by atoms with Crippen molar-refractivity contribution in [1.82, 2.24) is 5.32 Å². The summed E-state index contributed by atoms with van der Waals surface area (Å²) in [5.41, 5.74) is 0.106. The Morgan fingerprint density at radius 1 is 1.22 bits per heavy atom. The molecule has 18 heavy (non-hydrogen) atoms. The largest absolute Gasteiger partial charge is 0.375 e. The summed E-state index contributed by atoms with van der Waals surface area (Å²) in [6, 6.07) is 0. The van der Waals surface area contributed by atoms with Crippen LogP contribution in [-0.4, -0.2) is 40.5 Å². The molecule has 1 spiro atoms. The van der Waals surface area contributed by atoms with Gasteiger partial charge in [-0.25, -0.2) is 0 Å². The van der Waals surface area contributed by atoms with Crippen molar-refractivity contribution >= 4 is 10.8 Å². The van der Waals surface area contributed by atoms with Crippen molar-refractivity contribution < 1.29 is 8.95 Å². The van der Waals surface area contributed by atoms with Gasteiger partial charge in [-0.05, 0) is 31.6 Å². The number of rotatable bonds is 3. The SMILES string of the molecule is O=S(CC1CNC1)C1CCOC2(CCCCC2)C1. The molecule has 2 atom stereocenters. The van der Waals surface area contributed by atoms with E-state index < -0.39 is 10.8 Å². The van der Waals surface area contributed by atoms with Crippen LogP contribution in [0.1, 0.15) is 44.9 Å². The van der Waals surface area contributed by atoms with E-state index in [9.17, 15) is 4.21 Å². The normalized spacial score (nSPS) is 34.1. The van der Waals surface area contributed by atoms with Crippen molar-refractivity contribution in [1.29, 1.82) is 0 Å². The van der Waals surface area contributed by atoms with Crippen LogP contribution in [0.3, 0.4) is 0 Å². The molecular formula is C14H25NO2S. The van der Waals surface area contributed by atoms with Gasteiger partial charge in [0.05, 0.1) is 5.60 Å². The fourth-order valence-electron chi connectivity index (χ4n) is 3.59. The molecule has 0 aromatic rings. The standard InChI is InChI=1S/C14H25NO2S/c16-18(11-12-9-15-10-12)13-4-7-17-14(8-13)5-2-1-3-6-14/h12-13,15H,1-11H2. The number of hydrogen-bond donors (Lipinski definition) is 1. The second-order valence-corrected chi connectivity index (χ2v) is 8.04. The van der Waals surface area contributed by atoms with Crippen molar-refractivity contribution in [2.24, 2.45) is 5.92 Å². The third-order valence-electron chi connectivity index (χ3n) is 4.85. The van der Waals surface area contributed by atoms with E-state index in [1.807, 2.05) is 0 Å². The average Bonchev–Trinajstić information content (AvgIpc) is 2.34. The number of hydrogen-bond acceptors (Lipinski definition) is 3. The topological polar surface area (TPSA) is 38.3 Å². The van der Waals surface area contributed by atoms with Gasteiger partial charge in [0.1, 0.15) is 0 Å². The highest BCUT2D eigenvalue weighted by molar-refractivity contribution is 7.85. The Bertz CT molecular complexity index is 305. The van der Waals surface area contributed by atoms with Gasteiger partial charge >= 0.3 is 0 Å². The molecule has 2 unspecified atom stereocenters. The van der Waals surface area contributed by atoms with Crippen LogP contribution in [0.25, 0.3) is 0 Å². The van der Waals surface area contributed by atoms with Gasteiger partial charge in [-0.3, -0.25) is 4.21 Å². The third kappa shape index (κ3) is 2.81. The lowest BCUT2D eigenvalue weighted by Crippen LogP contribution is -2.48. The molecule has 1 aliphatic carbocycles. The Hall–Kier alpha value is 0.0700. The summed E-state index contributed by atoms with van der Waals surface area (Å²) in [5.74, 6) is 1.57. The lowest BCUT2D eigenvalue weighted by Gasteiger charge is -2.43. The van der Waals surface area contributed by atoms with E-state index in [1.54, 1.807) is 0 Å². The van der Waals surface area contributed by atoms with E-state index in [4.69, 9.17) is 4.74 Å². The first-order chi connectivity index (χ1) is 8.77. The molecule has 3 nitrogen and oxygen atoms in total. The molecule has 2 saturated heterocycles. The second-order valence-electron chi connectivity index (χ2n) is 6.28. The van der Waals surface area contributed by atoms with Crippen LogP contribution in [0.5, 0.6) is 0 Å². The summed E-state index contributed by atoms with van der Waals surface area (Å²) in [5, 5.41) is 3.67. The molecule has 0 amide bonds. The Morgan fingerprint density at radius 2 is 2.00 bits per heavy atom. The summed E-state index contributed by atoms with van der Waals surface area (Å²) >= 11 is 0. The third-order valence-corrected chi connectivity index (χ3v) is 6.80. The molecular weight excluding hydrogens is 246 g/mol. The average molecular weight is 271 g/mol. The van der Waals surface area contributed by atoms with Gasteiger partial charge in [0.15, 0.2) is 0 Å². The van der Waals surface area contributed by atoms with E-state index in [1.165, 1.54) is 32.1 Å². The predicted molar refractivity (Wildman–Crippen MR) is 74.2 cm³/mol. The highest BCUT2D eigenvalue weighted by atomic mass is 32.2. The first kappa shape index (κ1) is 13.1. The van der Waals surface area contributed by atoms with Crippen LogP contribution >= 0.6 is 0 Å². The molecule has 104 valence electrons. The number of ether oxygens (including phenoxy) is 1. The van der Waals surface area contributed by atoms with Crippen LogP contribution in [-0.2, 0) is 15.5 Å². The van der Waals surface area contributed by atoms with Gasteiger partial charge in [-0.15, -0.1) is 0 Å². The minimum absolute atomic E-state index is 0.106. The van der Waals surface area contributed by atoms with Crippen molar-refractivity contribution in [2.75, 3.05) is 25.4 Å². The van der Waals surface area contributed by atoms with Crippen LogP contribution in [0.2, 0.25) is 0 Å². The van der Waals surface area contributed by atoms with Crippen LogP contribution < -0.4 is 5.32 Å².